The highest BCUT2D eigenvalue weighted by Crippen LogP contribution is 2.43. The summed E-state index contributed by atoms with van der Waals surface area (Å²) in [5.74, 6) is -1.40. The van der Waals surface area contributed by atoms with Crippen LogP contribution in [0.5, 0.6) is 0 Å². The van der Waals surface area contributed by atoms with Crippen LogP contribution in [0.4, 0.5) is 22.6 Å². The molecule has 0 saturated carbocycles. The van der Waals surface area contributed by atoms with Crippen LogP contribution in [0.15, 0.2) is 42.5 Å². The van der Waals surface area contributed by atoms with E-state index in [4.69, 9.17) is 11.6 Å². The van der Waals surface area contributed by atoms with Crippen molar-refractivity contribution >= 4 is 49.3 Å². The Kier molecular flexibility index (Phi) is 5.25. The molecule has 1 heterocycles. The lowest BCUT2D eigenvalue weighted by Crippen LogP contribution is -2.24. The fourth-order valence-electron chi connectivity index (χ4n) is 2.41. The summed E-state index contributed by atoms with van der Waals surface area (Å²) in [5.41, 5.74) is -1.41. The summed E-state index contributed by atoms with van der Waals surface area (Å²) in [7, 11) is 0. The number of halogens is 5. The van der Waals surface area contributed by atoms with Gasteiger partial charge in [0.1, 0.15) is 10.8 Å². The molecular formula is C16H10ClF4NO2S2. The molecule has 1 unspecified atom stereocenters. The van der Waals surface area contributed by atoms with Crippen LogP contribution in [0.2, 0.25) is 5.02 Å². The number of hydrogen-bond donors (Lipinski definition) is 1. The summed E-state index contributed by atoms with van der Waals surface area (Å²) in [6.45, 7) is -0.348. The highest BCUT2D eigenvalue weighted by molar-refractivity contribution is 7.81. The third kappa shape index (κ3) is 3.71. The van der Waals surface area contributed by atoms with Crippen LogP contribution in [-0.2, 0) is 24.0 Å². The largest absolute Gasteiger partial charge is 0.419 e. The van der Waals surface area contributed by atoms with Crippen molar-refractivity contribution in [2.45, 2.75) is 12.7 Å². The minimum Gasteiger partial charge on any atom is -0.289 e. The molecule has 10 heteroatoms. The number of hydrogen-bond acceptors (Lipinski definition) is 2. The zero-order chi connectivity index (χ0) is 19.1. The SMILES string of the molecule is O=S(O)N(Cc1ccc(F)c(C(F)(F)F)c1)c1sc2ccccc2c1Cl. The van der Waals surface area contributed by atoms with Crippen LogP contribution in [0.25, 0.3) is 10.1 Å². The van der Waals surface area contributed by atoms with Crippen molar-refractivity contribution in [3.05, 3.63) is 64.4 Å². The number of nitrogens with zero attached hydrogens (tertiary/aromatic N) is 1. The van der Waals surface area contributed by atoms with E-state index in [9.17, 15) is 26.3 Å². The number of rotatable bonds is 4. The van der Waals surface area contributed by atoms with Gasteiger partial charge in [-0.25, -0.2) is 8.60 Å². The van der Waals surface area contributed by atoms with Crippen LogP contribution >= 0.6 is 22.9 Å². The van der Waals surface area contributed by atoms with Gasteiger partial charge in [0.05, 0.1) is 17.1 Å². The first-order chi connectivity index (χ1) is 12.2. The third-order valence-electron chi connectivity index (χ3n) is 3.60. The first kappa shape index (κ1) is 19.1. The maximum Gasteiger partial charge on any atom is 0.419 e. The number of fused-ring (bicyclic) bond motifs is 1. The van der Waals surface area contributed by atoms with Crippen molar-refractivity contribution < 1.29 is 26.3 Å². The molecule has 0 fully saturated rings. The Morgan fingerprint density at radius 1 is 1.19 bits per heavy atom. The first-order valence-electron chi connectivity index (χ1n) is 7.09. The second-order valence-corrected chi connectivity index (χ2v) is 7.61. The van der Waals surface area contributed by atoms with E-state index in [2.05, 4.69) is 0 Å². The van der Waals surface area contributed by atoms with Crippen LogP contribution < -0.4 is 4.31 Å². The minimum atomic E-state index is -4.86. The normalized spacial score (nSPS) is 13.2. The van der Waals surface area contributed by atoms with E-state index in [0.717, 1.165) is 26.4 Å². The van der Waals surface area contributed by atoms with E-state index in [1.54, 1.807) is 24.3 Å². The van der Waals surface area contributed by atoms with Gasteiger partial charge in [-0.1, -0.05) is 35.9 Å². The number of thiophene rings is 1. The summed E-state index contributed by atoms with van der Waals surface area (Å²) >= 11 is 4.87. The molecule has 3 aromatic rings. The lowest BCUT2D eigenvalue weighted by Gasteiger charge is -2.19. The van der Waals surface area contributed by atoms with Gasteiger partial charge < -0.3 is 0 Å². The van der Waals surface area contributed by atoms with Crippen molar-refractivity contribution in [2.75, 3.05) is 4.31 Å². The fourth-order valence-corrected chi connectivity index (χ4v) is 4.70. The van der Waals surface area contributed by atoms with Crippen molar-refractivity contribution in [1.29, 1.82) is 0 Å². The fraction of sp³-hybridized carbons (Fsp3) is 0.125. The zero-order valence-corrected chi connectivity index (χ0v) is 15.1. The monoisotopic (exact) mass is 423 g/mol. The van der Waals surface area contributed by atoms with Gasteiger partial charge >= 0.3 is 6.18 Å². The molecule has 0 bridgehead atoms. The predicted molar refractivity (Wildman–Crippen MR) is 95.2 cm³/mol. The molecule has 3 rings (SSSR count). The Labute approximate surface area is 157 Å². The van der Waals surface area contributed by atoms with Crippen LogP contribution in [0.3, 0.4) is 0 Å². The smallest absolute Gasteiger partial charge is 0.289 e. The summed E-state index contributed by atoms with van der Waals surface area (Å²) in [5, 5.41) is 1.14. The lowest BCUT2D eigenvalue weighted by atomic mass is 10.1. The Bertz CT molecular complexity index is 990. The van der Waals surface area contributed by atoms with Gasteiger partial charge in [0.2, 0.25) is 0 Å². The van der Waals surface area contributed by atoms with Crippen molar-refractivity contribution in [3.8, 4) is 0 Å². The quantitative estimate of drug-likeness (QED) is 0.422. The molecule has 2 aromatic carbocycles. The van der Waals surface area contributed by atoms with E-state index >= 15 is 0 Å². The van der Waals surface area contributed by atoms with Gasteiger partial charge in [0, 0.05) is 10.1 Å². The van der Waals surface area contributed by atoms with Gasteiger partial charge in [0.15, 0.2) is 0 Å². The second kappa shape index (κ2) is 7.15. The average molecular weight is 424 g/mol. The molecule has 26 heavy (non-hydrogen) atoms. The van der Waals surface area contributed by atoms with Crippen LogP contribution in [0, 0.1) is 5.82 Å². The molecule has 1 N–H and O–H groups in total. The van der Waals surface area contributed by atoms with Crippen LogP contribution in [-0.4, -0.2) is 8.76 Å². The zero-order valence-electron chi connectivity index (χ0n) is 12.8. The molecule has 0 radical (unpaired) electrons. The van der Waals surface area contributed by atoms with Gasteiger partial charge in [-0.15, -0.1) is 11.3 Å². The maximum absolute atomic E-state index is 13.4. The Hall–Kier alpha value is -1.68. The topological polar surface area (TPSA) is 40.5 Å². The lowest BCUT2D eigenvalue weighted by molar-refractivity contribution is -0.140. The highest BCUT2D eigenvalue weighted by atomic mass is 35.5. The Morgan fingerprint density at radius 3 is 2.50 bits per heavy atom. The molecule has 1 atom stereocenters. The standard InChI is InChI=1S/C16H10ClF4NO2S2/c17-14-10-3-1-2-4-13(10)25-15(14)22(26(23)24)8-9-5-6-12(18)11(7-9)16(19,20)21/h1-7H,8H2,(H,23,24). The molecular weight excluding hydrogens is 414 g/mol. The first-order valence-corrected chi connectivity index (χ1v) is 9.35. The molecule has 0 saturated heterocycles. The predicted octanol–water partition coefficient (Wildman–Crippen LogP) is 5.86. The van der Waals surface area contributed by atoms with Crippen molar-refractivity contribution in [1.82, 2.24) is 0 Å². The molecule has 0 spiro atoms. The molecule has 0 aliphatic heterocycles. The summed E-state index contributed by atoms with van der Waals surface area (Å²) in [6.07, 6.45) is -4.86. The number of benzene rings is 2. The Morgan fingerprint density at radius 2 is 1.88 bits per heavy atom. The van der Waals surface area contributed by atoms with Gasteiger partial charge in [-0.05, 0) is 23.8 Å². The highest BCUT2D eigenvalue weighted by Gasteiger charge is 2.34. The van der Waals surface area contributed by atoms with E-state index in [1.165, 1.54) is 0 Å². The van der Waals surface area contributed by atoms with Crippen LogP contribution in [0.1, 0.15) is 11.1 Å². The maximum atomic E-state index is 13.4. The molecule has 0 aliphatic rings. The molecule has 0 aliphatic carbocycles. The van der Waals surface area contributed by atoms with Gasteiger partial charge in [-0.3, -0.25) is 8.86 Å². The molecule has 0 amide bonds. The molecule has 3 nitrogen and oxygen atoms in total. The molecule has 138 valence electrons. The summed E-state index contributed by atoms with van der Waals surface area (Å²) < 4.78 is 75.1. The van der Waals surface area contributed by atoms with Gasteiger partial charge in [0.25, 0.3) is 11.3 Å². The van der Waals surface area contributed by atoms with E-state index in [0.29, 0.717) is 17.5 Å². The third-order valence-corrected chi connectivity index (χ3v) is 6.09. The van der Waals surface area contributed by atoms with Gasteiger partial charge in [-0.2, -0.15) is 13.2 Å². The second-order valence-electron chi connectivity index (χ2n) is 5.30. The summed E-state index contributed by atoms with van der Waals surface area (Å²) in [4.78, 5) is 0. The Balaban J connectivity index is 2.02. The number of alkyl halides is 3. The van der Waals surface area contributed by atoms with E-state index < -0.39 is 28.8 Å². The number of anilines is 1. The minimum absolute atomic E-state index is 0.0228. The van der Waals surface area contributed by atoms with E-state index in [1.807, 2.05) is 0 Å². The summed E-state index contributed by atoms with van der Waals surface area (Å²) in [6, 6.07) is 9.46. The van der Waals surface area contributed by atoms with E-state index in [-0.39, 0.29) is 22.1 Å². The van der Waals surface area contributed by atoms with Crippen molar-refractivity contribution in [2.24, 2.45) is 0 Å². The average Bonchev–Trinajstić information content (AvgIpc) is 2.90. The molecule has 1 aromatic heterocycles. The van der Waals surface area contributed by atoms with Crippen molar-refractivity contribution in [3.63, 3.8) is 0 Å².